The average Bonchev–Trinajstić information content (AvgIpc) is 2.37. The van der Waals surface area contributed by atoms with Gasteiger partial charge in [0.15, 0.2) is 6.61 Å². The minimum Gasteiger partial charge on any atom is -0.451 e. The maximum absolute atomic E-state index is 11.4. The number of carbonyl (C=O) groups is 3. The Balaban J connectivity index is 2.35. The molecular weight excluding hydrogens is 240 g/mol. The number of nitrogens with one attached hydrogen (secondary N) is 1. The minimum atomic E-state index is -0.878. The lowest BCUT2D eigenvalue weighted by Crippen LogP contribution is -2.34. The molecule has 0 radical (unpaired) electrons. The summed E-state index contributed by atoms with van der Waals surface area (Å²) in [7, 11) is 0. The number of pyridine rings is 1. The molecule has 0 bridgehead atoms. The van der Waals surface area contributed by atoms with Crippen LogP contribution in [0.1, 0.15) is 17.4 Å². The van der Waals surface area contributed by atoms with Crippen molar-refractivity contribution in [1.29, 1.82) is 0 Å². The van der Waals surface area contributed by atoms with Gasteiger partial charge in [-0.25, -0.2) is 14.6 Å². The molecule has 1 N–H and O–H groups in total. The van der Waals surface area contributed by atoms with Gasteiger partial charge in [-0.05, 0) is 19.1 Å². The lowest BCUT2D eigenvalue weighted by Gasteiger charge is -2.05. The highest BCUT2D eigenvalue weighted by Crippen LogP contribution is 1.96. The molecule has 0 fully saturated rings. The van der Waals surface area contributed by atoms with Crippen LogP contribution in [0, 0.1) is 0 Å². The van der Waals surface area contributed by atoms with Gasteiger partial charge in [0.1, 0.15) is 5.69 Å². The number of hydrogen-bond acceptors (Lipinski definition) is 6. The number of carbonyl (C=O) groups excluding carboxylic acids is 3. The molecule has 0 atom stereocenters. The third-order valence-electron chi connectivity index (χ3n) is 1.73. The van der Waals surface area contributed by atoms with Crippen molar-refractivity contribution in [1.82, 2.24) is 10.3 Å². The zero-order valence-corrected chi connectivity index (χ0v) is 9.71. The van der Waals surface area contributed by atoms with Gasteiger partial charge < -0.3 is 9.47 Å². The van der Waals surface area contributed by atoms with Crippen molar-refractivity contribution in [3.05, 3.63) is 30.1 Å². The number of aromatic nitrogens is 1. The van der Waals surface area contributed by atoms with Gasteiger partial charge in [0, 0.05) is 6.20 Å². The van der Waals surface area contributed by atoms with E-state index in [-0.39, 0.29) is 12.3 Å². The van der Waals surface area contributed by atoms with Crippen LogP contribution >= 0.6 is 0 Å². The molecule has 7 nitrogen and oxygen atoms in total. The molecule has 2 amide bonds. The van der Waals surface area contributed by atoms with E-state index in [0.717, 1.165) is 0 Å². The number of imide groups is 1. The Morgan fingerprint density at radius 2 is 2.06 bits per heavy atom. The summed E-state index contributed by atoms with van der Waals surface area (Å²) >= 11 is 0. The van der Waals surface area contributed by atoms with Gasteiger partial charge in [-0.15, -0.1) is 0 Å². The van der Waals surface area contributed by atoms with Gasteiger partial charge in [-0.1, -0.05) is 6.07 Å². The molecule has 0 spiro atoms. The quantitative estimate of drug-likeness (QED) is 0.784. The number of ether oxygens (including phenoxy) is 2. The molecule has 0 aliphatic rings. The maximum atomic E-state index is 11.4. The fourth-order valence-corrected chi connectivity index (χ4v) is 1.01. The molecule has 1 rings (SSSR count). The Bertz CT molecular complexity index is 432. The summed E-state index contributed by atoms with van der Waals surface area (Å²) in [5.41, 5.74) is 0.0847. The summed E-state index contributed by atoms with van der Waals surface area (Å²) in [6, 6.07) is 4.71. The van der Waals surface area contributed by atoms with Gasteiger partial charge in [-0.2, -0.15) is 0 Å². The second-order valence-corrected chi connectivity index (χ2v) is 3.06. The fraction of sp³-hybridized carbons (Fsp3) is 0.273. The second kappa shape index (κ2) is 7.00. The molecule has 7 heteroatoms. The molecule has 0 saturated carbocycles. The standard InChI is InChI=1S/C11H12N2O5/c1-2-17-11(16)13-9(14)7-18-10(15)8-5-3-4-6-12-8/h3-6H,2,7H2,1H3,(H,13,14,16). The van der Waals surface area contributed by atoms with E-state index >= 15 is 0 Å². The van der Waals surface area contributed by atoms with E-state index in [1.165, 1.54) is 12.3 Å². The summed E-state index contributed by atoms with van der Waals surface area (Å²) in [6.45, 7) is 1.17. The van der Waals surface area contributed by atoms with E-state index in [9.17, 15) is 14.4 Å². The molecule has 0 saturated heterocycles. The summed E-state index contributed by atoms with van der Waals surface area (Å²) in [5.74, 6) is -1.51. The molecule has 1 aromatic rings. The molecule has 0 unspecified atom stereocenters. The predicted octanol–water partition coefficient (Wildman–Crippen LogP) is 0.511. The first kappa shape index (κ1) is 13.6. The third-order valence-corrected chi connectivity index (χ3v) is 1.73. The Kier molecular flexibility index (Phi) is 5.30. The SMILES string of the molecule is CCOC(=O)NC(=O)COC(=O)c1ccccn1. The predicted molar refractivity (Wildman–Crippen MR) is 59.7 cm³/mol. The van der Waals surface area contributed by atoms with Crippen LogP contribution < -0.4 is 5.32 Å². The number of hydrogen-bond donors (Lipinski definition) is 1. The van der Waals surface area contributed by atoms with Crippen LogP contribution in [-0.2, 0) is 14.3 Å². The Morgan fingerprint density at radius 1 is 1.28 bits per heavy atom. The minimum absolute atomic E-state index is 0.0847. The van der Waals surface area contributed by atoms with Crippen LogP contribution in [0.5, 0.6) is 0 Å². The van der Waals surface area contributed by atoms with Gasteiger partial charge in [0.05, 0.1) is 6.61 Å². The fourth-order valence-electron chi connectivity index (χ4n) is 1.01. The Hall–Kier alpha value is -2.44. The van der Waals surface area contributed by atoms with Gasteiger partial charge in [0.2, 0.25) is 0 Å². The zero-order valence-electron chi connectivity index (χ0n) is 9.71. The van der Waals surface area contributed by atoms with E-state index in [4.69, 9.17) is 0 Å². The highest BCUT2D eigenvalue weighted by Gasteiger charge is 2.13. The van der Waals surface area contributed by atoms with Crippen LogP contribution in [-0.4, -0.2) is 36.2 Å². The highest BCUT2D eigenvalue weighted by molar-refractivity contribution is 5.94. The number of alkyl carbamates (subject to hydrolysis) is 1. The number of nitrogens with zero attached hydrogens (tertiary/aromatic N) is 1. The van der Waals surface area contributed by atoms with Crippen LogP contribution in [0.25, 0.3) is 0 Å². The first-order valence-electron chi connectivity index (χ1n) is 5.18. The van der Waals surface area contributed by atoms with Crippen molar-refractivity contribution in [3.63, 3.8) is 0 Å². The first-order chi connectivity index (χ1) is 8.63. The van der Waals surface area contributed by atoms with Gasteiger partial charge in [-0.3, -0.25) is 10.1 Å². The average molecular weight is 252 g/mol. The van der Waals surface area contributed by atoms with Crippen molar-refractivity contribution in [2.45, 2.75) is 6.92 Å². The molecule has 0 aliphatic heterocycles. The monoisotopic (exact) mass is 252 g/mol. The number of esters is 1. The normalized spacial score (nSPS) is 9.39. The van der Waals surface area contributed by atoms with Crippen LogP contribution in [0.4, 0.5) is 4.79 Å². The van der Waals surface area contributed by atoms with Crippen LogP contribution in [0.15, 0.2) is 24.4 Å². The summed E-state index contributed by atoms with van der Waals surface area (Å²) < 4.78 is 9.13. The van der Waals surface area contributed by atoms with E-state index in [1.54, 1.807) is 19.1 Å². The van der Waals surface area contributed by atoms with Crippen LogP contribution in [0.2, 0.25) is 0 Å². The van der Waals surface area contributed by atoms with E-state index in [0.29, 0.717) is 0 Å². The molecule has 96 valence electrons. The lowest BCUT2D eigenvalue weighted by atomic mass is 10.3. The molecular formula is C11H12N2O5. The topological polar surface area (TPSA) is 94.6 Å². The Labute approximate surface area is 103 Å². The van der Waals surface area contributed by atoms with Crippen molar-refractivity contribution in [2.24, 2.45) is 0 Å². The summed E-state index contributed by atoms with van der Waals surface area (Å²) in [6.07, 6.45) is 0.548. The highest BCUT2D eigenvalue weighted by atomic mass is 16.6. The second-order valence-electron chi connectivity index (χ2n) is 3.06. The van der Waals surface area contributed by atoms with Crippen molar-refractivity contribution < 1.29 is 23.9 Å². The van der Waals surface area contributed by atoms with Crippen LogP contribution in [0.3, 0.4) is 0 Å². The Morgan fingerprint density at radius 3 is 2.67 bits per heavy atom. The molecule has 1 heterocycles. The van der Waals surface area contributed by atoms with Crippen molar-refractivity contribution in [3.8, 4) is 0 Å². The number of amides is 2. The molecule has 18 heavy (non-hydrogen) atoms. The van der Waals surface area contributed by atoms with E-state index in [2.05, 4.69) is 14.5 Å². The lowest BCUT2D eigenvalue weighted by molar-refractivity contribution is -0.123. The third kappa shape index (κ3) is 4.60. The van der Waals surface area contributed by atoms with Crippen molar-refractivity contribution in [2.75, 3.05) is 13.2 Å². The maximum Gasteiger partial charge on any atom is 0.413 e. The summed E-state index contributed by atoms with van der Waals surface area (Å²) in [4.78, 5) is 37.1. The molecule has 0 aromatic carbocycles. The smallest absolute Gasteiger partial charge is 0.413 e. The van der Waals surface area contributed by atoms with Gasteiger partial charge >= 0.3 is 12.1 Å². The molecule has 1 aromatic heterocycles. The van der Waals surface area contributed by atoms with Gasteiger partial charge in [0.25, 0.3) is 5.91 Å². The van der Waals surface area contributed by atoms with E-state index in [1.807, 2.05) is 5.32 Å². The first-order valence-corrected chi connectivity index (χ1v) is 5.18. The number of rotatable bonds is 4. The largest absolute Gasteiger partial charge is 0.451 e. The zero-order chi connectivity index (χ0) is 13.4. The molecule has 0 aliphatic carbocycles. The summed E-state index contributed by atoms with van der Waals surface area (Å²) in [5, 5.41) is 1.89. The van der Waals surface area contributed by atoms with E-state index < -0.39 is 24.6 Å². The van der Waals surface area contributed by atoms with Crippen molar-refractivity contribution >= 4 is 18.0 Å².